The molecule has 1 aromatic carbocycles. The van der Waals surface area contributed by atoms with E-state index in [1.54, 1.807) is 6.92 Å². The lowest BCUT2D eigenvalue weighted by atomic mass is 10.1. The first-order valence-corrected chi connectivity index (χ1v) is 7.10. The minimum absolute atomic E-state index is 0.333. The van der Waals surface area contributed by atoms with E-state index in [1.165, 1.54) is 16.9 Å². The van der Waals surface area contributed by atoms with E-state index < -0.39 is 6.09 Å². The summed E-state index contributed by atoms with van der Waals surface area (Å²) in [5.74, 6) is 0. The maximum absolute atomic E-state index is 11.5. The number of hydrogen-bond donors (Lipinski definition) is 0. The molecule has 0 fully saturated rings. The first-order chi connectivity index (χ1) is 9.26. The number of ether oxygens (including phenoxy) is 1. The molecule has 0 aliphatic carbocycles. The van der Waals surface area contributed by atoms with Crippen molar-refractivity contribution >= 4 is 17.4 Å². The molecule has 0 aliphatic heterocycles. The molecule has 1 aromatic heterocycles. The summed E-state index contributed by atoms with van der Waals surface area (Å²) < 4.78 is 6.77. The summed E-state index contributed by atoms with van der Waals surface area (Å²) in [6, 6.07) is 8.09. The summed E-state index contributed by atoms with van der Waals surface area (Å²) in [5, 5.41) is 1.91. The third kappa shape index (κ3) is 3.12. The molecule has 100 valence electrons. The van der Waals surface area contributed by atoms with Gasteiger partial charge in [-0.1, -0.05) is 25.1 Å². The van der Waals surface area contributed by atoms with Gasteiger partial charge in [0.15, 0.2) is 0 Å². The van der Waals surface area contributed by atoms with Gasteiger partial charge >= 0.3 is 6.09 Å². The average molecular weight is 276 g/mol. The topological polar surface area (TPSA) is 43.6 Å². The van der Waals surface area contributed by atoms with Crippen molar-refractivity contribution in [2.45, 2.75) is 20.3 Å². The third-order valence-corrected chi connectivity index (χ3v) is 3.43. The summed E-state index contributed by atoms with van der Waals surface area (Å²) in [6.45, 7) is 4.20. The molecule has 0 radical (unpaired) electrons. The molecule has 0 aliphatic rings. The van der Waals surface area contributed by atoms with Gasteiger partial charge in [-0.05, 0) is 25.0 Å². The Hall–Kier alpha value is -1.88. The van der Waals surface area contributed by atoms with Gasteiger partial charge in [-0.15, -0.1) is 16.3 Å². The third-order valence-electron chi connectivity index (χ3n) is 2.68. The van der Waals surface area contributed by atoms with Crippen molar-refractivity contribution in [1.29, 1.82) is 0 Å². The van der Waals surface area contributed by atoms with E-state index in [0.717, 1.165) is 12.1 Å². The van der Waals surface area contributed by atoms with Crippen molar-refractivity contribution in [2.75, 3.05) is 6.61 Å². The Bertz CT molecular complexity index is 628. The van der Waals surface area contributed by atoms with Crippen LogP contribution in [0.25, 0.3) is 5.69 Å². The molecule has 1 amide bonds. The summed E-state index contributed by atoms with van der Waals surface area (Å²) in [4.78, 5) is 16.1. The van der Waals surface area contributed by atoms with Gasteiger partial charge in [0.1, 0.15) is 0 Å². The maximum Gasteiger partial charge on any atom is 0.436 e. The molecular formula is C14H16N2O2S. The van der Waals surface area contributed by atoms with Crippen molar-refractivity contribution in [3.8, 4) is 5.69 Å². The van der Waals surface area contributed by atoms with Gasteiger partial charge in [-0.25, -0.2) is 4.79 Å². The molecular weight excluding hydrogens is 260 g/mol. The summed E-state index contributed by atoms with van der Waals surface area (Å²) in [7, 11) is 0. The van der Waals surface area contributed by atoms with E-state index >= 15 is 0 Å². The number of nitrogens with zero attached hydrogens (tertiary/aromatic N) is 2. The molecule has 0 N–H and O–H groups in total. The molecule has 2 aromatic rings. The molecule has 0 bridgehead atoms. The van der Waals surface area contributed by atoms with Gasteiger partial charge < -0.3 is 4.74 Å². The van der Waals surface area contributed by atoms with Crippen LogP contribution in [0, 0.1) is 0 Å². The highest BCUT2D eigenvalue weighted by atomic mass is 32.1. The Morgan fingerprint density at radius 2 is 2.16 bits per heavy atom. The number of amides is 1. The van der Waals surface area contributed by atoms with E-state index in [2.05, 4.69) is 18.0 Å². The summed E-state index contributed by atoms with van der Waals surface area (Å²) in [5.41, 5.74) is 2.26. The molecule has 1 heterocycles. The zero-order valence-electron chi connectivity index (χ0n) is 11.0. The van der Waals surface area contributed by atoms with Crippen LogP contribution in [0.5, 0.6) is 0 Å². The Kier molecular flexibility index (Phi) is 4.52. The van der Waals surface area contributed by atoms with E-state index in [4.69, 9.17) is 4.74 Å². The van der Waals surface area contributed by atoms with Crippen LogP contribution in [-0.2, 0) is 11.2 Å². The lowest BCUT2D eigenvalue weighted by Crippen LogP contribution is -2.16. The Morgan fingerprint density at radius 1 is 1.37 bits per heavy atom. The normalized spacial score (nSPS) is 11.6. The molecule has 2 rings (SSSR count). The molecule has 5 heteroatoms. The van der Waals surface area contributed by atoms with Crippen LogP contribution in [0.2, 0.25) is 0 Å². The van der Waals surface area contributed by atoms with Crippen LogP contribution >= 0.6 is 11.3 Å². The van der Waals surface area contributed by atoms with Crippen LogP contribution in [-0.4, -0.2) is 17.3 Å². The van der Waals surface area contributed by atoms with Crippen LogP contribution in [0.4, 0.5) is 4.79 Å². The first kappa shape index (κ1) is 13.5. The molecule has 0 saturated carbocycles. The van der Waals surface area contributed by atoms with E-state index in [9.17, 15) is 4.79 Å². The highest BCUT2D eigenvalue weighted by molar-refractivity contribution is 7.07. The highest BCUT2D eigenvalue weighted by Gasteiger charge is 2.05. The quantitative estimate of drug-likeness (QED) is 0.864. The minimum Gasteiger partial charge on any atom is -0.448 e. The second-order valence-corrected chi connectivity index (χ2v) is 4.72. The molecule has 4 nitrogen and oxygen atoms in total. The van der Waals surface area contributed by atoms with Crippen LogP contribution < -0.4 is 4.80 Å². The van der Waals surface area contributed by atoms with Crippen molar-refractivity contribution in [2.24, 2.45) is 4.99 Å². The van der Waals surface area contributed by atoms with Gasteiger partial charge in [0.2, 0.25) is 4.80 Å². The lowest BCUT2D eigenvalue weighted by molar-refractivity contribution is 0.162. The number of aryl methyl sites for hydroxylation is 1. The fraction of sp³-hybridized carbons (Fsp3) is 0.286. The SMILES string of the molecule is CCOC(=O)N=c1sccn1-c1ccccc1CC. The standard InChI is InChI=1S/C14H16N2O2S/c1-3-11-7-5-6-8-12(11)16-9-10-19-13(16)15-14(17)18-4-2/h5-10H,3-4H2,1-2H3. The predicted molar refractivity (Wildman–Crippen MR) is 75.6 cm³/mol. The predicted octanol–water partition coefficient (Wildman–Crippen LogP) is 3.16. The number of rotatable bonds is 3. The fourth-order valence-electron chi connectivity index (χ4n) is 1.81. The second kappa shape index (κ2) is 6.33. The smallest absolute Gasteiger partial charge is 0.436 e. The average Bonchev–Trinajstić information content (AvgIpc) is 2.86. The number of benzene rings is 1. The highest BCUT2D eigenvalue weighted by Crippen LogP contribution is 2.13. The largest absolute Gasteiger partial charge is 0.448 e. The minimum atomic E-state index is -0.548. The Labute approximate surface area is 116 Å². The zero-order chi connectivity index (χ0) is 13.7. The fourth-order valence-corrected chi connectivity index (χ4v) is 2.52. The van der Waals surface area contributed by atoms with Crippen molar-refractivity contribution in [3.05, 3.63) is 46.2 Å². The van der Waals surface area contributed by atoms with E-state index in [-0.39, 0.29) is 0 Å². The second-order valence-electron chi connectivity index (χ2n) is 3.85. The van der Waals surface area contributed by atoms with E-state index in [0.29, 0.717) is 11.4 Å². The van der Waals surface area contributed by atoms with Crippen molar-refractivity contribution < 1.29 is 9.53 Å². The molecule has 0 saturated heterocycles. The molecule has 0 unspecified atom stereocenters. The number of thiazole rings is 1. The van der Waals surface area contributed by atoms with Crippen molar-refractivity contribution in [3.63, 3.8) is 0 Å². The van der Waals surface area contributed by atoms with Gasteiger partial charge in [-0.3, -0.25) is 4.57 Å². The number of carbonyl (C=O) groups excluding carboxylic acids is 1. The number of para-hydroxylation sites is 1. The molecule has 0 spiro atoms. The van der Waals surface area contributed by atoms with Gasteiger partial charge in [0.05, 0.1) is 12.3 Å². The first-order valence-electron chi connectivity index (χ1n) is 6.22. The number of hydrogen-bond acceptors (Lipinski definition) is 3. The molecule has 19 heavy (non-hydrogen) atoms. The summed E-state index contributed by atoms with van der Waals surface area (Å²) in [6.07, 6.45) is 2.29. The van der Waals surface area contributed by atoms with Gasteiger partial charge in [0.25, 0.3) is 0 Å². The lowest BCUT2D eigenvalue weighted by Gasteiger charge is -2.08. The Morgan fingerprint density at radius 3 is 2.89 bits per heavy atom. The van der Waals surface area contributed by atoms with Crippen LogP contribution in [0.1, 0.15) is 19.4 Å². The van der Waals surface area contributed by atoms with Gasteiger partial charge in [0, 0.05) is 11.6 Å². The van der Waals surface area contributed by atoms with Crippen LogP contribution in [0.15, 0.2) is 40.8 Å². The molecule has 0 atom stereocenters. The Balaban J connectivity index is 2.47. The number of carbonyl (C=O) groups is 1. The maximum atomic E-state index is 11.5. The van der Waals surface area contributed by atoms with Crippen LogP contribution in [0.3, 0.4) is 0 Å². The zero-order valence-corrected chi connectivity index (χ0v) is 11.8. The monoisotopic (exact) mass is 276 g/mol. The van der Waals surface area contributed by atoms with Crippen molar-refractivity contribution in [1.82, 2.24) is 4.57 Å². The van der Waals surface area contributed by atoms with E-state index in [1.807, 2.05) is 34.3 Å². The number of aromatic nitrogens is 1. The summed E-state index contributed by atoms with van der Waals surface area (Å²) >= 11 is 1.41. The van der Waals surface area contributed by atoms with Gasteiger partial charge in [-0.2, -0.15) is 0 Å².